The Balaban J connectivity index is 1.61. The lowest BCUT2D eigenvalue weighted by Crippen LogP contribution is -2.38. The zero-order valence-corrected chi connectivity index (χ0v) is 10.6. The van der Waals surface area contributed by atoms with E-state index in [1.807, 2.05) is 0 Å². The lowest BCUT2D eigenvalue weighted by atomic mass is 9.57. The van der Waals surface area contributed by atoms with Crippen molar-refractivity contribution in [3.63, 3.8) is 0 Å². The van der Waals surface area contributed by atoms with Crippen LogP contribution < -0.4 is 0 Å². The molecule has 0 N–H and O–H groups in total. The van der Waals surface area contributed by atoms with Crippen LogP contribution in [0.15, 0.2) is 0 Å². The molecule has 1 saturated heterocycles. The molecule has 3 fully saturated rings. The summed E-state index contributed by atoms with van der Waals surface area (Å²) in [5.41, 5.74) is 1.50. The van der Waals surface area contributed by atoms with Gasteiger partial charge >= 0.3 is 0 Å². The number of ether oxygens (including phenoxy) is 1. The van der Waals surface area contributed by atoms with Crippen molar-refractivity contribution in [2.24, 2.45) is 10.8 Å². The molecule has 1 nitrogen and oxygen atoms in total. The fraction of sp³-hybridized carbons (Fsp3) is 1.00. The Labute approximate surface area is 99.9 Å². The largest absolute Gasteiger partial charge is 0.381 e. The molecule has 0 unspecified atom stereocenters. The Morgan fingerprint density at radius 2 is 1.00 bits per heavy atom. The molecule has 0 aromatic rings. The highest BCUT2D eigenvalue weighted by atomic mass is 16.5. The molecule has 3 rings (SSSR count). The van der Waals surface area contributed by atoms with Gasteiger partial charge in [0.2, 0.25) is 0 Å². The third kappa shape index (κ3) is 2.03. The van der Waals surface area contributed by atoms with Gasteiger partial charge in [-0.15, -0.1) is 0 Å². The zero-order chi connectivity index (χ0) is 10.9. The normalized spacial score (nSPS) is 33.0. The molecule has 0 radical (unpaired) electrons. The second-order valence-corrected chi connectivity index (χ2v) is 6.67. The molecule has 3 aliphatic rings. The third-order valence-corrected chi connectivity index (χ3v) is 5.84. The van der Waals surface area contributed by atoms with Crippen LogP contribution in [-0.2, 0) is 4.74 Å². The van der Waals surface area contributed by atoms with Gasteiger partial charge in [0, 0.05) is 13.2 Å². The molecule has 1 aliphatic heterocycles. The summed E-state index contributed by atoms with van der Waals surface area (Å²) >= 11 is 0. The van der Waals surface area contributed by atoms with E-state index in [4.69, 9.17) is 4.74 Å². The first-order valence-corrected chi connectivity index (χ1v) is 7.41. The summed E-state index contributed by atoms with van der Waals surface area (Å²) < 4.78 is 5.53. The van der Waals surface area contributed by atoms with Crippen LogP contribution in [0, 0.1) is 10.8 Å². The smallest absolute Gasteiger partial charge is 0.0471 e. The van der Waals surface area contributed by atoms with E-state index in [1.54, 1.807) is 12.8 Å². The molecule has 0 bridgehead atoms. The predicted octanol–water partition coefficient (Wildman–Crippen LogP) is 4.31. The molecule has 92 valence electrons. The lowest BCUT2D eigenvalue weighted by Gasteiger charge is -2.49. The quantitative estimate of drug-likeness (QED) is 0.593. The average Bonchev–Trinajstić information content (AvgIpc) is 2.36. The molecule has 0 aromatic carbocycles. The first kappa shape index (κ1) is 11.1. The van der Waals surface area contributed by atoms with Gasteiger partial charge in [-0.05, 0) is 62.2 Å². The monoisotopic (exact) mass is 222 g/mol. The van der Waals surface area contributed by atoms with Crippen molar-refractivity contribution in [2.75, 3.05) is 13.2 Å². The van der Waals surface area contributed by atoms with Crippen LogP contribution in [-0.4, -0.2) is 13.2 Å². The second kappa shape index (κ2) is 4.33. The van der Waals surface area contributed by atoms with Gasteiger partial charge in [0.05, 0.1) is 0 Å². The Hall–Kier alpha value is -0.0400. The molecule has 16 heavy (non-hydrogen) atoms. The Morgan fingerprint density at radius 1 is 0.500 bits per heavy atom. The molecule has 2 saturated carbocycles. The first-order chi connectivity index (χ1) is 7.83. The number of hydrogen-bond donors (Lipinski definition) is 0. The van der Waals surface area contributed by atoms with Gasteiger partial charge in [0.25, 0.3) is 0 Å². The molecular formula is C15H26O. The van der Waals surface area contributed by atoms with Crippen molar-refractivity contribution in [2.45, 2.75) is 70.6 Å². The molecule has 2 spiro atoms. The molecule has 1 heteroatoms. The zero-order valence-electron chi connectivity index (χ0n) is 10.6. The molecular weight excluding hydrogens is 196 g/mol. The van der Waals surface area contributed by atoms with Crippen LogP contribution in [0.5, 0.6) is 0 Å². The molecule has 1 heterocycles. The highest BCUT2D eigenvalue weighted by molar-refractivity contribution is 4.94. The van der Waals surface area contributed by atoms with Gasteiger partial charge in [-0.2, -0.15) is 0 Å². The first-order valence-electron chi connectivity index (χ1n) is 7.41. The summed E-state index contributed by atoms with van der Waals surface area (Å²) in [6.45, 7) is 2.07. The number of rotatable bonds is 0. The summed E-state index contributed by atoms with van der Waals surface area (Å²) in [7, 11) is 0. The fourth-order valence-corrected chi connectivity index (χ4v) is 4.42. The summed E-state index contributed by atoms with van der Waals surface area (Å²) in [6.07, 6.45) is 16.4. The van der Waals surface area contributed by atoms with Crippen LogP contribution in [0.2, 0.25) is 0 Å². The number of hydrogen-bond acceptors (Lipinski definition) is 1. The summed E-state index contributed by atoms with van der Waals surface area (Å²) in [4.78, 5) is 0. The van der Waals surface area contributed by atoms with Gasteiger partial charge in [-0.1, -0.05) is 19.3 Å². The standard InChI is InChI=1S/C15H26O/c1-2-4-14(5-3-1)6-8-15(9-7-14)10-12-16-13-11-15/h1-13H2. The van der Waals surface area contributed by atoms with E-state index in [2.05, 4.69) is 0 Å². The van der Waals surface area contributed by atoms with Gasteiger partial charge in [0.15, 0.2) is 0 Å². The van der Waals surface area contributed by atoms with Crippen LogP contribution in [0.1, 0.15) is 70.6 Å². The second-order valence-electron chi connectivity index (χ2n) is 6.67. The van der Waals surface area contributed by atoms with E-state index in [0.717, 1.165) is 18.6 Å². The maximum absolute atomic E-state index is 5.53. The van der Waals surface area contributed by atoms with E-state index < -0.39 is 0 Å². The fourth-order valence-electron chi connectivity index (χ4n) is 4.42. The van der Waals surface area contributed by atoms with Crippen molar-refractivity contribution in [3.8, 4) is 0 Å². The van der Waals surface area contributed by atoms with Crippen LogP contribution in [0.25, 0.3) is 0 Å². The van der Waals surface area contributed by atoms with Gasteiger partial charge in [-0.3, -0.25) is 0 Å². The highest BCUT2D eigenvalue weighted by Crippen LogP contribution is 2.55. The van der Waals surface area contributed by atoms with Crippen molar-refractivity contribution in [1.82, 2.24) is 0 Å². The maximum atomic E-state index is 5.53. The van der Waals surface area contributed by atoms with Crippen LogP contribution in [0.4, 0.5) is 0 Å². The van der Waals surface area contributed by atoms with Crippen LogP contribution >= 0.6 is 0 Å². The summed E-state index contributed by atoms with van der Waals surface area (Å²) in [5, 5.41) is 0. The van der Waals surface area contributed by atoms with E-state index in [1.165, 1.54) is 57.8 Å². The average molecular weight is 222 g/mol. The van der Waals surface area contributed by atoms with E-state index >= 15 is 0 Å². The minimum Gasteiger partial charge on any atom is -0.381 e. The van der Waals surface area contributed by atoms with E-state index in [0.29, 0.717) is 5.41 Å². The third-order valence-electron chi connectivity index (χ3n) is 5.84. The van der Waals surface area contributed by atoms with Gasteiger partial charge < -0.3 is 4.74 Å². The van der Waals surface area contributed by atoms with Crippen LogP contribution in [0.3, 0.4) is 0 Å². The minimum atomic E-state index is 0.709. The maximum Gasteiger partial charge on any atom is 0.0471 e. The van der Waals surface area contributed by atoms with Gasteiger partial charge in [-0.25, -0.2) is 0 Å². The highest BCUT2D eigenvalue weighted by Gasteiger charge is 2.43. The van der Waals surface area contributed by atoms with Crippen molar-refractivity contribution in [1.29, 1.82) is 0 Å². The van der Waals surface area contributed by atoms with E-state index in [-0.39, 0.29) is 0 Å². The Kier molecular flexibility index (Phi) is 2.99. The van der Waals surface area contributed by atoms with Crippen molar-refractivity contribution in [3.05, 3.63) is 0 Å². The minimum absolute atomic E-state index is 0.709. The van der Waals surface area contributed by atoms with E-state index in [9.17, 15) is 0 Å². The van der Waals surface area contributed by atoms with Crippen molar-refractivity contribution >= 4 is 0 Å². The molecule has 0 atom stereocenters. The summed E-state index contributed by atoms with van der Waals surface area (Å²) in [5.74, 6) is 0. The van der Waals surface area contributed by atoms with Gasteiger partial charge in [0.1, 0.15) is 0 Å². The molecule has 2 aliphatic carbocycles. The summed E-state index contributed by atoms with van der Waals surface area (Å²) in [6, 6.07) is 0. The SMILES string of the molecule is C1CCC2(CC1)CCC1(CCOCC1)CC2. The lowest BCUT2D eigenvalue weighted by molar-refractivity contribution is -0.0377. The molecule has 0 amide bonds. The predicted molar refractivity (Wildman–Crippen MR) is 66.5 cm³/mol. The Bertz CT molecular complexity index is 196. The topological polar surface area (TPSA) is 9.23 Å². The Morgan fingerprint density at radius 3 is 1.56 bits per heavy atom. The van der Waals surface area contributed by atoms with Crippen molar-refractivity contribution < 1.29 is 4.74 Å². The molecule has 0 aromatic heterocycles.